The third kappa shape index (κ3) is 2.07. The van der Waals surface area contributed by atoms with Gasteiger partial charge in [0.15, 0.2) is 0 Å². The molecule has 0 aliphatic rings. The van der Waals surface area contributed by atoms with Crippen LogP contribution < -0.4 is 0 Å². The second-order valence-electron chi connectivity index (χ2n) is 3.33. The lowest BCUT2D eigenvalue weighted by molar-refractivity contribution is 0.0756. The van der Waals surface area contributed by atoms with Gasteiger partial charge in [-0.3, -0.25) is 9.89 Å². The third-order valence-electron chi connectivity index (χ3n) is 2.27. The fourth-order valence-corrected chi connectivity index (χ4v) is 1.27. The van der Waals surface area contributed by atoms with Crippen molar-refractivity contribution in [2.24, 2.45) is 0 Å². The summed E-state index contributed by atoms with van der Waals surface area (Å²) in [5.41, 5.74) is 1.38. The van der Waals surface area contributed by atoms with Crippen LogP contribution in [-0.2, 0) is 0 Å². The zero-order chi connectivity index (χ0) is 10.7. The van der Waals surface area contributed by atoms with Gasteiger partial charge in [0.25, 0.3) is 5.91 Å². The van der Waals surface area contributed by atoms with Crippen LogP contribution in [0.15, 0.2) is 6.20 Å². The largest absolute Gasteiger partial charge is 0.338 e. The van der Waals surface area contributed by atoms with E-state index in [0.717, 1.165) is 5.69 Å². The maximum absolute atomic E-state index is 11.8. The first-order chi connectivity index (χ1) is 6.57. The van der Waals surface area contributed by atoms with Crippen LogP contribution in [0.2, 0.25) is 0 Å². The van der Waals surface area contributed by atoms with Crippen molar-refractivity contribution < 1.29 is 4.79 Å². The molecule has 0 aromatic carbocycles. The maximum Gasteiger partial charge on any atom is 0.257 e. The summed E-state index contributed by atoms with van der Waals surface area (Å²) in [6.07, 6.45) is 1.54. The van der Waals surface area contributed by atoms with Gasteiger partial charge in [0, 0.05) is 24.7 Å². The highest BCUT2D eigenvalue weighted by Gasteiger charge is 2.19. The van der Waals surface area contributed by atoms with E-state index in [1.54, 1.807) is 11.9 Å². The Balaban J connectivity index is 2.81. The Bertz CT molecular complexity index is 324. The van der Waals surface area contributed by atoms with E-state index < -0.39 is 0 Å². The lowest BCUT2D eigenvalue weighted by Crippen LogP contribution is -2.36. The molecule has 0 spiro atoms. The maximum atomic E-state index is 11.8. The summed E-state index contributed by atoms with van der Waals surface area (Å²) in [5, 5.41) is 6.54. The number of H-pyrrole nitrogens is 1. The number of nitrogens with zero attached hydrogens (tertiary/aromatic N) is 2. The summed E-state index contributed by atoms with van der Waals surface area (Å²) in [7, 11) is 1.74. The molecular formula is C9H14ClN3O. The molecule has 1 atom stereocenters. The highest BCUT2D eigenvalue weighted by atomic mass is 35.5. The van der Waals surface area contributed by atoms with Crippen molar-refractivity contribution in [1.82, 2.24) is 15.1 Å². The number of aryl methyl sites for hydroxylation is 1. The quantitative estimate of drug-likeness (QED) is 0.776. The Morgan fingerprint density at radius 3 is 2.86 bits per heavy atom. The summed E-state index contributed by atoms with van der Waals surface area (Å²) in [5.74, 6) is 0.378. The van der Waals surface area contributed by atoms with Crippen LogP contribution in [0.25, 0.3) is 0 Å². The molecule has 1 unspecified atom stereocenters. The second kappa shape index (κ2) is 4.46. The molecule has 14 heavy (non-hydrogen) atoms. The number of amides is 1. The summed E-state index contributed by atoms with van der Waals surface area (Å²) < 4.78 is 0. The third-order valence-corrected chi connectivity index (χ3v) is 2.71. The van der Waals surface area contributed by atoms with Crippen LogP contribution in [0.5, 0.6) is 0 Å². The summed E-state index contributed by atoms with van der Waals surface area (Å²) in [4.78, 5) is 13.5. The van der Waals surface area contributed by atoms with Crippen LogP contribution in [0.4, 0.5) is 0 Å². The zero-order valence-corrected chi connectivity index (χ0v) is 9.30. The average molecular weight is 216 g/mol. The number of hydrogen-bond donors (Lipinski definition) is 1. The van der Waals surface area contributed by atoms with E-state index in [0.29, 0.717) is 11.4 Å². The number of alkyl halides is 1. The molecule has 78 valence electrons. The van der Waals surface area contributed by atoms with Crippen molar-refractivity contribution in [3.63, 3.8) is 0 Å². The van der Waals surface area contributed by atoms with Crippen molar-refractivity contribution in [2.45, 2.75) is 19.9 Å². The van der Waals surface area contributed by atoms with Gasteiger partial charge in [-0.25, -0.2) is 0 Å². The first kappa shape index (κ1) is 11.0. The van der Waals surface area contributed by atoms with Crippen molar-refractivity contribution >= 4 is 17.5 Å². The van der Waals surface area contributed by atoms with Gasteiger partial charge in [0.2, 0.25) is 0 Å². The van der Waals surface area contributed by atoms with Gasteiger partial charge < -0.3 is 4.90 Å². The highest BCUT2D eigenvalue weighted by Crippen LogP contribution is 2.09. The lowest BCUT2D eigenvalue weighted by atomic mass is 10.2. The molecule has 0 fully saturated rings. The number of nitrogens with one attached hydrogen (secondary N) is 1. The molecule has 1 aromatic heterocycles. The van der Waals surface area contributed by atoms with Gasteiger partial charge >= 0.3 is 0 Å². The number of carbonyl (C=O) groups excluding carboxylic acids is 1. The van der Waals surface area contributed by atoms with Crippen molar-refractivity contribution in [1.29, 1.82) is 0 Å². The van der Waals surface area contributed by atoms with Gasteiger partial charge in [-0.1, -0.05) is 0 Å². The number of aromatic nitrogens is 2. The molecule has 1 aromatic rings. The molecule has 0 aliphatic heterocycles. The molecular weight excluding hydrogens is 202 g/mol. The van der Waals surface area contributed by atoms with Gasteiger partial charge in [0.1, 0.15) is 0 Å². The van der Waals surface area contributed by atoms with E-state index in [1.807, 2.05) is 13.8 Å². The van der Waals surface area contributed by atoms with Gasteiger partial charge in [-0.15, -0.1) is 11.6 Å². The minimum Gasteiger partial charge on any atom is -0.338 e. The van der Waals surface area contributed by atoms with E-state index in [1.165, 1.54) is 6.20 Å². The summed E-state index contributed by atoms with van der Waals surface area (Å²) >= 11 is 5.67. The normalized spacial score (nSPS) is 12.6. The Kier molecular flexibility index (Phi) is 3.52. The highest BCUT2D eigenvalue weighted by molar-refractivity contribution is 6.18. The van der Waals surface area contributed by atoms with Gasteiger partial charge in [0.05, 0.1) is 11.8 Å². The molecule has 1 N–H and O–H groups in total. The molecule has 0 bridgehead atoms. The number of rotatable bonds is 3. The smallest absolute Gasteiger partial charge is 0.257 e. The molecule has 1 rings (SSSR count). The number of carbonyl (C=O) groups is 1. The van der Waals surface area contributed by atoms with Crippen LogP contribution in [0.1, 0.15) is 23.0 Å². The molecule has 0 radical (unpaired) electrons. The fraction of sp³-hybridized carbons (Fsp3) is 0.556. The SMILES string of the molecule is Cc1[nH]ncc1C(=O)N(C)C(C)CCl. The van der Waals surface area contributed by atoms with E-state index in [4.69, 9.17) is 11.6 Å². The molecule has 0 saturated heterocycles. The summed E-state index contributed by atoms with van der Waals surface area (Å²) in [6.45, 7) is 3.72. The molecule has 1 amide bonds. The van der Waals surface area contributed by atoms with Gasteiger partial charge in [-0.05, 0) is 13.8 Å². The topological polar surface area (TPSA) is 49.0 Å². The first-order valence-electron chi connectivity index (χ1n) is 4.41. The van der Waals surface area contributed by atoms with Gasteiger partial charge in [-0.2, -0.15) is 5.10 Å². The van der Waals surface area contributed by atoms with E-state index in [-0.39, 0.29) is 11.9 Å². The molecule has 5 heteroatoms. The zero-order valence-electron chi connectivity index (χ0n) is 8.54. The summed E-state index contributed by atoms with van der Waals surface area (Å²) in [6, 6.07) is 0.0264. The Hall–Kier alpha value is -1.03. The predicted octanol–water partition coefficient (Wildman–Crippen LogP) is 1.42. The molecule has 4 nitrogen and oxygen atoms in total. The molecule has 0 saturated carbocycles. The fourth-order valence-electron chi connectivity index (χ4n) is 1.06. The van der Waals surface area contributed by atoms with Crippen molar-refractivity contribution in [3.05, 3.63) is 17.5 Å². The molecule has 1 heterocycles. The number of aromatic amines is 1. The van der Waals surface area contributed by atoms with Crippen molar-refractivity contribution in [3.8, 4) is 0 Å². The van der Waals surface area contributed by atoms with E-state index in [2.05, 4.69) is 10.2 Å². The molecule has 0 aliphatic carbocycles. The average Bonchev–Trinajstić information content (AvgIpc) is 2.61. The number of hydrogen-bond acceptors (Lipinski definition) is 2. The van der Waals surface area contributed by atoms with Crippen LogP contribution in [0.3, 0.4) is 0 Å². The predicted molar refractivity (Wildman–Crippen MR) is 55.6 cm³/mol. The Morgan fingerprint density at radius 1 is 1.79 bits per heavy atom. The van der Waals surface area contributed by atoms with Crippen molar-refractivity contribution in [2.75, 3.05) is 12.9 Å². The van der Waals surface area contributed by atoms with Crippen LogP contribution >= 0.6 is 11.6 Å². The Labute approximate surface area is 88.2 Å². The number of halogens is 1. The van der Waals surface area contributed by atoms with E-state index in [9.17, 15) is 4.79 Å². The standard InChI is InChI=1S/C9H14ClN3O/c1-6(4-10)13(3)9(14)8-5-11-12-7(8)2/h5-6H,4H2,1-3H3,(H,11,12). The van der Waals surface area contributed by atoms with Crippen LogP contribution in [-0.4, -0.2) is 40.0 Å². The minimum atomic E-state index is -0.0515. The van der Waals surface area contributed by atoms with E-state index >= 15 is 0 Å². The Morgan fingerprint density at radius 2 is 2.43 bits per heavy atom. The van der Waals surface area contributed by atoms with Crippen LogP contribution in [0, 0.1) is 6.92 Å². The monoisotopic (exact) mass is 215 g/mol. The first-order valence-corrected chi connectivity index (χ1v) is 4.94. The second-order valence-corrected chi connectivity index (χ2v) is 3.64. The minimum absolute atomic E-state index is 0.0264. The lowest BCUT2D eigenvalue weighted by Gasteiger charge is -2.22.